The lowest BCUT2D eigenvalue weighted by Crippen LogP contribution is -2.07. The molecular formula is C8H6F3N5. The Balaban J connectivity index is 2.57. The molecule has 0 aliphatic heterocycles. The van der Waals surface area contributed by atoms with Crippen molar-refractivity contribution in [2.75, 3.05) is 5.73 Å². The van der Waals surface area contributed by atoms with Crippen molar-refractivity contribution in [1.82, 2.24) is 20.2 Å². The molecule has 16 heavy (non-hydrogen) atoms. The number of anilines is 1. The fraction of sp³-hybridized carbons (Fsp3) is 0.125. The topological polar surface area (TPSA) is 80.5 Å². The molecule has 0 saturated carbocycles. The van der Waals surface area contributed by atoms with Crippen LogP contribution in [0.2, 0.25) is 0 Å². The fourth-order valence-electron chi connectivity index (χ4n) is 1.23. The Labute approximate surface area is 87.5 Å². The van der Waals surface area contributed by atoms with Crippen LogP contribution >= 0.6 is 0 Å². The number of H-pyrrole nitrogens is 1. The molecular weight excluding hydrogens is 223 g/mol. The maximum Gasteiger partial charge on any atom is 0.417 e. The molecule has 2 aromatic rings. The van der Waals surface area contributed by atoms with Gasteiger partial charge in [0.15, 0.2) is 5.82 Å². The maximum absolute atomic E-state index is 12.6. The van der Waals surface area contributed by atoms with Crippen LogP contribution in [0.25, 0.3) is 11.4 Å². The summed E-state index contributed by atoms with van der Waals surface area (Å²) in [6.45, 7) is 0. The molecule has 8 heteroatoms. The van der Waals surface area contributed by atoms with Crippen LogP contribution in [0.1, 0.15) is 5.56 Å². The molecule has 5 nitrogen and oxygen atoms in total. The molecule has 0 atom stereocenters. The number of nitrogens with two attached hydrogens (primary N) is 1. The van der Waals surface area contributed by atoms with Crippen LogP contribution in [-0.2, 0) is 6.18 Å². The minimum atomic E-state index is -4.47. The molecule has 2 heterocycles. The lowest BCUT2D eigenvalue weighted by Gasteiger charge is -2.09. The second-order valence-corrected chi connectivity index (χ2v) is 2.96. The highest BCUT2D eigenvalue weighted by Gasteiger charge is 2.34. The zero-order valence-electron chi connectivity index (χ0n) is 7.78. The van der Waals surface area contributed by atoms with Crippen LogP contribution in [0, 0.1) is 0 Å². The normalized spacial score (nSPS) is 11.7. The lowest BCUT2D eigenvalue weighted by molar-refractivity contribution is -0.137. The molecule has 2 aromatic heterocycles. The van der Waals surface area contributed by atoms with E-state index in [1.165, 1.54) is 0 Å². The molecule has 0 aromatic carbocycles. The van der Waals surface area contributed by atoms with Crippen LogP contribution in [0.5, 0.6) is 0 Å². The van der Waals surface area contributed by atoms with Gasteiger partial charge in [-0.15, -0.1) is 5.10 Å². The van der Waals surface area contributed by atoms with Gasteiger partial charge in [0.1, 0.15) is 0 Å². The van der Waals surface area contributed by atoms with Gasteiger partial charge in [0.25, 0.3) is 0 Å². The number of nitrogens with one attached hydrogen (secondary N) is 1. The third-order valence-corrected chi connectivity index (χ3v) is 1.88. The molecule has 0 unspecified atom stereocenters. The smallest absolute Gasteiger partial charge is 0.366 e. The van der Waals surface area contributed by atoms with Gasteiger partial charge >= 0.3 is 6.18 Å². The van der Waals surface area contributed by atoms with Crippen LogP contribution < -0.4 is 5.73 Å². The van der Waals surface area contributed by atoms with Crippen molar-refractivity contribution >= 4 is 5.95 Å². The summed E-state index contributed by atoms with van der Waals surface area (Å²) in [5.41, 5.74) is 4.20. The molecule has 0 saturated heterocycles. The summed E-state index contributed by atoms with van der Waals surface area (Å²) in [4.78, 5) is 7.24. The number of aromatic nitrogens is 4. The summed E-state index contributed by atoms with van der Waals surface area (Å²) in [5, 5.41) is 5.77. The highest BCUT2D eigenvalue weighted by molar-refractivity contribution is 5.60. The van der Waals surface area contributed by atoms with Crippen molar-refractivity contribution in [3.63, 3.8) is 0 Å². The van der Waals surface area contributed by atoms with E-state index in [1.807, 2.05) is 0 Å². The fourth-order valence-corrected chi connectivity index (χ4v) is 1.23. The average Bonchev–Trinajstić information content (AvgIpc) is 2.64. The second kappa shape index (κ2) is 3.47. The quantitative estimate of drug-likeness (QED) is 0.775. The molecule has 84 valence electrons. The largest absolute Gasteiger partial charge is 0.417 e. The highest BCUT2D eigenvalue weighted by Crippen LogP contribution is 2.35. The van der Waals surface area contributed by atoms with Crippen molar-refractivity contribution in [3.05, 3.63) is 24.0 Å². The van der Waals surface area contributed by atoms with E-state index < -0.39 is 11.7 Å². The van der Waals surface area contributed by atoms with E-state index in [2.05, 4.69) is 20.2 Å². The summed E-state index contributed by atoms with van der Waals surface area (Å²) in [6, 6.07) is 0.869. The first-order valence-corrected chi connectivity index (χ1v) is 4.18. The van der Waals surface area contributed by atoms with E-state index in [0.717, 1.165) is 18.5 Å². The van der Waals surface area contributed by atoms with Gasteiger partial charge in [0, 0.05) is 18.0 Å². The number of pyridine rings is 1. The minimum absolute atomic E-state index is 0.0575. The Kier molecular flexibility index (Phi) is 2.26. The van der Waals surface area contributed by atoms with Gasteiger partial charge in [-0.25, -0.2) is 0 Å². The molecule has 0 bridgehead atoms. The van der Waals surface area contributed by atoms with Gasteiger partial charge in [0.05, 0.1) is 5.56 Å². The predicted octanol–water partition coefficient (Wildman–Crippen LogP) is 1.47. The number of hydrogen-bond acceptors (Lipinski definition) is 4. The van der Waals surface area contributed by atoms with Crippen LogP contribution in [-0.4, -0.2) is 20.2 Å². The van der Waals surface area contributed by atoms with Crippen molar-refractivity contribution in [3.8, 4) is 11.4 Å². The van der Waals surface area contributed by atoms with E-state index in [9.17, 15) is 13.2 Å². The van der Waals surface area contributed by atoms with Crippen molar-refractivity contribution in [2.24, 2.45) is 0 Å². The Bertz CT molecular complexity index is 504. The van der Waals surface area contributed by atoms with E-state index in [1.54, 1.807) is 0 Å². The first kappa shape index (κ1) is 10.4. The van der Waals surface area contributed by atoms with Crippen molar-refractivity contribution in [2.45, 2.75) is 6.18 Å². The summed E-state index contributed by atoms with van der Waals surface area (Å²) in [7, 11) is 0. The minimum Gasteiger partial charge on any atom is -0.366 e. The Morgan fingerprint density at radius 2 is 2.06 bits per heavy atom. The predicted molar refractivity (Wildman–Crippen MR) is 49.0 cm³/mol. The van der Waals surface area contributed by atoms with E-state index >= 15 is 0 Å². The highest BCUT2D eigenvalue weighted by atomic mass is 19.4. The average molecular weight is 229 g/mol. The molecule has 0 spiro atoms. The van der Waals surface area contributed by atoms with E-state index in [4.69, 9.17) is 5.73 Å². The zero-order valence-corrected chi connectivity index (χ0v) is 7.78. The summed E-state index contributed by atoms with van der Waals surface area (Å²) in [6.07, 6.45) is -2.35. The third kappa shape index (κ3) is 1.81. The summed E-state index contributed by atoms with van der Waals surface area (Å²) in [5.74, 6) is -0.176. The van der Waals surface area contributed by atoms with Gasteiger partial charge < -0.3 is 5.73 Å². The summed E-state index contributed by atoms with van der Waals surface area (Å²) < 4.78 is 37.9. The van der Waals surface area contributed by atoms with Gasteiger partial charge in [-0.1, -0.05) is 0 Å². The van der Waals surface area contributed by atoms with Crippen molar-refractivity contribution < 1.29 is 13.2 Å². The number of nitrogen functional groups attached to an aromatic ring is 1. The number of nitrogens with zero attached hydrogens (tertiary/aromatic N) is 3. The second-order valence-electron chi connectivity index (χ2n) is 2.96. The number of rotatable bonds is 1. The van der Waals surface area contributed by atoms with E-state index in [-0.39, 0.29) is 17.3 Å². The summed E-state index contributed by atoms with van der Waals surface area (Å²) >= 11 is 0. The first-order valence-electron chi connectivity index (χ1n) is 4.18. The molecule has 2 rings (SSSR count). The monoisotopic (exact) mass is 229 g/mol. The molecule has 3 N–H and O–H groups in total. The van der Waals surface area contributed by atoms with Gasteiger partial charge in [-0.2, -0.15) is 18.2 Å². The molecule has 0 aliphatic rings. The SMILES string of the molecule is Nc1n[nH]c(-c2cnccc2C(F)(F)F)n1. The molecule has 0 amide bonds. The Morgan fingerprint density at radius 3 is 2.62 bits per heavy atom. The van der Waals surface area contributed by atoms with Gasteiger partial charge in [-0.3, -0.25) is 10.1 Å². The van der Waals surface area contributed by atoms with Crippen molar-refractivity contribution in [1.29, 1.82) is 0 Å². The molecule has 0 aliphatic carbocycles. The van der Waals surface area contributed by atoms with Crippen LogP contribution in [0.3, 0.4) is 0 Å². The van der Waals surface area contributed by atoms with Crippen LogP contribution in [0.15, 0.2) is 18.5 Å². The van der Waals surface area contributed by atoms with E-state index in [0.29, 0.717) is 0 Å². The number of aromatic amines is 1. The molecule has 0 radical (unpaired) electrons. The number of alkyl halides is 3. The number of hydrogen-bond donors (Lipinski definition) is 2. The lowest BCUT2D eigenvalue weighted by atomic mass is 10.1. The Hall–Kier alpha value is -2.12. The zero-order chi connectivity index (χ0) is 11.8. The van der Waals surface area contributed by atoms with Gasteiger partial charge in [0.2, 0.25) is 5.95 Å². The standard InChI is InChI=1S/C8H6F3N5/c9-8(10,11)5-1-2-13-3-4(5)6-14-7(12)16-15-6/h1-3H,(H3,12,14,15,16). The number of halogens is 3. The Morgan fingerprint density at radius 1 is 1.31 bits per heavy atom. The van der Waals surface area contributed by atoms with Gasteiger partial charge in [-0.05, 0) is 6.07 Å². The van der Waals surface area contributed by atoms with Crippen LogP contribution in [0.4, 0.5) is 19.1 Å². The maximum atomic E-state index is 12.6. The molecule has 0 fully saturated rings. The first-order chi connectivity index (χ1) is 7.48. The third-order valence-electron chi connectivity index (χ3n) is 1.88.